The minimum absolute atomic E-state index is 0.0525. The van der Waals surface area contributed by atoms with E-state index in [0.29, 0.717) is 18.3 Å². The molecule has 1 aromatic carbocycles. The van der Waals surface area contributed by atoms with Gasteiger partial charge in [-0.05, 0) is 37.0 Å². The Bertz CT molecular complexity index is 652. The van der Waals surface area contributed by atoms with Crippen molar-refractivity contribution < 1.29 is 4.79 Å². The highest BCUT2D eigenvalue weighted by Gasteiger charge is 2.10. The van der Waals surface area contributed by atoms with Crippen molar-refractivity contribution in [3.05, 3.63) is 59.2 Å². The average molecular weight is 312 g/mol. The zero-order valence-corrected chi connectivity index (χ0v) is 14.1. The first kappa shape index (κ1) is 16.9. The van der Waals surface area contributed by atoms with Crippen LogP contribution in [0.1, 0.15) is 55.4 Å². The predicted octanol–water partition coefficient (Wildman–Crippen LogP) is 3.47. The van der Waals surface area contributed by atoms with E-state index in [0.717, 1.165) is 11.3 Å². The summed E-state index contributed by atoms with van der Waals surface area (Å²) in [6, 6.07) is 9.88. The lowest BCUT2D eigenvalue weighted by Crippen LogP contribution is -2.36. The van der Waals surface area contributed by atoms with E-state index in [4.69, 9.17) is 0 Å². The monoisotopic (exact) mass is 312 g/mol. The molecular weight excluding hydrogens is 288 g/mol. The summed E-state index contributed by atoms with van der Waals surface area (Å²) < 4.78 is 0. The maximum atomic E-state index is 12.0. The molecule has 1 aromatic heterocycles. The quantitative estimate of drug-likeness (QED) is 0.888. The second-order valence-electron chi connectivity index (χ2n) is 5.97. The summed E-state index contributed by atoms with van der Waals surface area (Å²) in [4.78, 5) is 20.3. The number of aryl methyl sites for hydroxylation is 1. The largest absolute Gasteiger partial charge is 0.332 e. The Kier molecular flexibility index (Phi) is 5.68. The first-order chi connectivity index (χ1) is 11.0. The second-order valence-corrected chi connectivity index (χ2v) is 5.97. The van der Waals surface area contributed by atoms with E-state index in [1.165, 1.54) is 5.56 Å². The number of aromatic nitrogens is 2. The number of carbonyl (C=O) groups is 1. The molecule has 2 rings (SSSR count). The van der Waals surface area contributed by atoms with Crippen molar-refractivity contribution in [1.29, 1.82) is 0 Å². The normalized spacial score (nSPS) is 12.0. The number of carbonyl (C=O) groups excluding carboxylic acids is 1. The maximum Gasteiger partial charge on any atom is 0.315 e. The number of hydrogen-bond donors (Lipinski definition) is 2. The lowest BCUT2D eigenvalue weighted by molar-refractivity contribution is 0.237. The number of amides is 2. The van der Waals surface area contributed by atoms with Crippen LogP contribution in [0, 0.1) is 6.92 Å². The fourth-order valence-electron chi connectivity index (χ4n) is 2.28. The van der Waals surface area contributed by atoms with Gasteiger partial charge in [-0.25, -0.2) is 14.8 Å². The van der Waals surface area contributed by atoms with Gasteiger partial charge >= 0.3 is 6.03 Å². The Morgan fingerprint density at radius 3 is 2.35 bits per heavy atom. The summed E-state index contributed by atoms with van der Waals surface area (Å²) in [6.45, 7) is 8.51. The summed E-state index contributed by atoms with van der Waals surface area (Å²) in [6.07, 6.45) is 1.69. The molecule has 0 aliphatic carbocycles. The topological polar surface area (TPSA) is 66.9 Å². The third-order valence-corrected chi connectivity index (χ3v) is 3.71. The van der Waals surface area contributed by atoms with Crippen LogP contribution in [-0.4, -0.2) is 16.0 Å². The fourth-order valence-corrected chi connectivity index (χ4v) is 2.28. The molecule has 0 fully saturated rings. The van der Waals surface area contributed by atoms with E-state index >= 15 is 0 Å². The Hall–Kier alpha value is -2.43. The van der Waals surface area contributed by atoms with E-state index in [1.54, 1.807) is 12.3 Å². The highest BCUT2D eigenvalue weighted by Crippen LogP contribution is 2.18. The molecule has 0 saturated carbocycles. The number of rotatable bonds is 5. The molecule has 0 radical (unpaired) electrons. The third-order valence-electron chi connectivity index (χ3n) is 3.71. The fraction of sp³-hybridized carbons (Fsp3) is 0.389. The van der Waals surface area contributed by atoms with Crippen molar-refractivity contribution in [2.45, 2.75) is 46.2 Å². The van der Waals surface area contributed by atoms with Crippen LogP contribution in [0.5, 0.6) is 0 Å². The molecule has 23 heavy (non-hydrogen) atoms. The lowest BCUT2D eigenvalue weighted by Gasteiger charge is -2.16. The molecule has 122 valence electrons. The van der Waals surface area contributed by atoms with Crippen molar-refractivity contribution in [1.82, 2.24) is 20.6 Å². The molecule has 2 amide bonds. The molecular formula is C18H24N4O. The van der Waals surface area contributed by atoms with Gasteiger partial charge in [0.2, 0.25) is 0 Å². The molecule has 2 aromatic rings. The van der Waals surface area contributed by atoms with Gasteiger partial charge in [-0.3, -0.25) is 0 Å². The Morgan fingerprint density at radius 1 is 1.09 bits per heavy atom. The van der Waals surface area contributed by atoms with Crippen LogP contribution in [0.4, 0.5) is 4.79 Å². The highest BCUT2D eigenvalue weighted by atomic mass is 16.2. The SMILES string of the molecule is Cc1nccc(CNC(=O)N[C@@H](C)c2ccc(C(C)C)cc2)n1. The zero-order chi connectivity index (χ0) is 16.8. The minimum Gasteiger partial charge on any atom is -0.332 e. The number of hydrogen-bond acceptors (Lipinski definition) is 3. The van der Waals surface area contributed by atoms with Gasteiger partial charge in [-0.15, -0.1) is 0 Å². The van der Waals surface area contributed by atoms with Gasteiger partial charge in [-0.1, -0.05) is 38.1 Å². The van der Waals surface area contributed by atoms with E-state index in [-0.39, 0.29) is 12.1 Å². The summed E-state index contributed by atoms with van der Waals surface area (Å²) in [5.74, 6) is 1.20. The van der Waals surface area contributed by atoms with Crippen molar-refractivity contribution in [2.75, 3.05) is 0 Å². The minimum atomic E-state index is -0.207. The molecule has 5 heteroatoms. The van der Waals surface area contributed by atoms with Crippen LogP contribution in [0.25, 0.3) is 0 Å². The average Bonchev–Trinajstić information content (AvgIpc) is 2.53. The molecule has 0 unspecified atom stereocenters. The van der Waals surface area contributed by atoms with Crippen molar-refractivity contribution in [2.24, 2.45) is 0 Å². The van der Waals surface area contributed by atoms with Gasteiger partial charge in [0.1, 0.15) is 5.82 Å². The van der Waals surface area contributed by atoms with Crippen molar-refractivity contribution >= 4 is 6.03 Å². The van der Waals surface area contributed by atoms with Crippen molar-refractivity contribution in [3.63, 3.8) is 0 Å². The van der Waals surface area contributed by atoms with Gasteiger partial charge < -0.3 is 10.6 Å². The molecule has 0 saturated heterocycles. The molecule has 0 spiro atoms. The summed E-state index contributed by atoms with van der Waals surface area (Å²) in [7, 11) is 0. The smallest absolute Gasteiger partial charge is 0.315 e. The highest BCUT2D eigenvalue weighted by molar-refractivity contribution is 5.74. The third kappa shape index (κ3) is 5.06. The standard InChI is InChI=1S/C18H24N4O/c1-12(2)15-5-7-16(8-6-15)13(3)21-18(23)20-11-17-9-10-19-14(4)22-17/h5-10,12-13H,11H2,1-4H3,(H2,20,21,23)/t13-/m0/s1. The van der Waals surface area contributed by atoms with Crippen LogP contribution in [0.2, 0.25) is 0 Å². The molecule has 2 N–H and O–H groups in total. The molecule has 0 aliphatic rings. The van der Waals surface area contributed by atoms with E-state index in [1.807, 2.05) is 13.8 Å². The first-order valence-electron chi connectivity index (χ1n) is 7.88. The van der Waals surface area contributed by atoms with E-state index in [2.05, 4.69) is 58.7 Å². The molecule has 1 atom stereocenters. The number of nitrogens with zero attached hydrogens (tertiary/aromatic N) is 2. The van der Waals surface area contributed by atoms with E-state index in [9.17, 15) is 4.79 Å². The van der Waals surface area contributed by atoms with Gasteiger partial charge in [0, 0.05) is 6.20 Å². The van der Waals surface area contributed by atoms with Crippen LogP contribution in [-0.2, 0) is 6.54 Å². The zero-order valence-electron chi connectivity index (χ0n) is 14.1. The molecule has 1 heterocycles. The van der Waals surface area contributed by atoms with Crippen LogP contribution in [0.3, 0.4) is 0 Å². The van der Waals surface area contributed by atoms with E-state index < -0.39 is 0 Å². The summed E-state index contributed by atoms with van der Waals surface area (Å²) >= 11 is 0. The van der Waals surface area contributed by atoms with Crippen LogP contribution in [0.15, 0.2) is 36.5 Å². The Morgan fingerprint density at radius 2 is 1.74 bits per heavy atom. The number of nitrogens with one attached hydrogen (secondary N) is 2. The van der Waals surface area contributed by atoms with Gasteiger partial charge in [0.25, 0.3) is 0 Å². The Balaban J connectivity index is 1.86. The van der Waals surface area contributed by atoms with Gasteiger partial charge in [0.15, 0.2) is 0 Å². The van der Waals surface area contributed by atoms with Crippen LogP contribution >= 0.6 is 0 Å². The van der Waals surface area contributed by atoms with Gasteiger partial charge in [0.05, 0.1) is 18.3 Å². The number of benzene rings is 1. The van der Waals surface area contributed by atoms with Gasteiger partial charge in [-0.2, -0.15) is 0 Å². The van der Waals surface area contributed by atoms with Crippen LogP contribution < -0.4 is 10.6 Å². The molecule has 0 aliphatic heterocycles. The van der Waals surface area contributed by atoms with Crippen molar-refractivity contribution in [3.8, 4) is 0 Å². The predicted molar refractivity (Wildman–Crippen MR) is 91.1 cm³/mol. The Labute approximate surface area is 137 Å². The lowest BCUT2D eigenvalue weighted by atomic mass is 10.00. The second kappa shape index (κ2) is 7.72. The number of urea groups is 1. The maximum absolute atomic E-state index is 12.0. The first-order valence-corrected chi connectivity index (χ1v) is 7.88. The summed E-state index contributed by atoms with van der Waals surface area (Å²) in [5.41, 5.74) is 3.17. The summed E-state index contributed by atoms with van der Waals surface area (Å²) in [5, 5.41) is 5.75. The molecule has 5 nitrogen and oxygen atoms in total. The molecule has 0 bridgehead atoms.